The van der Waals surface area contributed by atoms with Crippen molar-refractivity contribution in [3.8, 4) is 5.69 Å². The zero-order valence-electron chi connectivity index (χ0n) is 19.1. The molecule has 3 aromatic carbocycles. The molecular formula is C28H24N4O3. The van der Waals surface area contributed by atoms with E-state index in [4.69, 9.17) is 4.84 Å². The van der Waals surface area contributed by atoms with E-state index in [1.165, 1.54) is 4.57 Å². The highest BCUT2D eigenvalue weighted by Crippen LogP contribution is 2.39. The Morgan fingerprint density at radius 1 is 0.914 bits per heavy atom. The van der Waals surface area contributed by atoms with Gasteiger partial charge in [0.25, 0.3) is 5.56 Å². The van der Waals surface area contributed by atoms with Crippen molar-refractivity contribution in [2.24, 2.45) is 5.16 Å². The first-order chi connectivity index (χ1) is 17.1. The number of benzene rings is 3. The Labute approximate surface area is 202 Å². The minimum absolute atomic E-state index is 0.331. The molecule has 0 fully saturated rings. The summed E-state index contributed by atoms with van der Waals surface area (Å²) in [6, 6.07) is 28.7. The maximum absolute atomic E-state index is 13.2. The second kappa shape index (κ2) is 9.69. The molecule has 0 bridgehead atoms. The Kier molecular flexibility index (Phi) is 6.13. The van der Waals surface area contributed by atoms with Crippen molar-refractivity contribution in [2.75, 3.05) is 5.32 Å². The fourth-order valence-electron chi connectivity index (χ4n) is 4.33. The topological polar surface area (TPSA) is 88.5 Å². The van der Waals surface area contributed by atoms with Crippen molar-refractivity contribution in [3.63, 3.8) is 0 Å². The maximum atomic E-state index is 13.2. The molecule has 7 heteroatoms. The Morgan fingerprint density at radius 3 is 2.23 bits per heavy atom. The Morgan fingerprint density at radius 2 is 1.54 bits per heavy atom. The van der Waals surface area contributed by atoms with Gasteiger partial charge in [0.05, 0.1) is 17.5 Å². The molecular weight excluding hydrogens is 440 g/mol. The molecule has 1 aliphatic rings. The molecule has 1 unspecified atom stereocenters. The number of hydrogen-bond acceptors (Lipinski definition) is 5. The quantitative estimate of drug-likeness (QED) is 0.323. The number of nitrogens with one attached hydrogen (secondary N) is 2. The van der Waals surface area contributed by atoms with Crippen LogP contribution in [0.3, 0.4) is 0 Å². The van der Waals surface area contributed by atoms with Gasteiger partial charge in [-0.25, -0.2) is 9.36 Å². The summed E-state index contributed by atoms with van der Waals surface area (Å²) in [5, 5.41) is 7.51. The van der Waals surface area contributed by atoms with E-state index in [2.05, 4.69) is 15.5 Å². The van der Waals surface area contributed by atoms with Gasteiger partial charge in [-0.15, -0.1) is 0 Å². The summed E-state index contributed by atoms with van der Waals surface area (Å²) in [7, 11) is 0. The third-order valence-electron chi connectivity index (χ3n) is 5.97. The molecule has 0 saturated carbocycles. The first-order valence-corrected chi connectivity index (χ1v) is 11.3. The van der Waals surface area contributed by atoms with Gasteiger partial charge in [0, 0.05) is 17.2 Å². The van der Waals surface area contributed by atoms with Crippen molar-refractivity contribution in [1.29, 1.82) is 0 Å². The normalized spacial score (nSPS) is 15.1. The second-order valence-corrected chi connectivity index (χ2v) is 8.24. The Balaban J connectivity index is 1.61. The number of allylic oxidation sites excluding steroid dienone is 2. The van der Waals surface area contributed by atoms with Crippen LogP contribution in [-0.4, -0.2) is 15.8 Å². The Hall–Kier alpha value is -4.65. The number of para-hydroxylation sites is 1. The van der Waals surface area contributed by atoms with E-state index in [1.807, 2.05) is 97.9 Å². The van der Waals surface area contributed by atoms with Crippen LogP contribution in [0, 0.1) is 0 Å². The van der Waals surface area contributed by atoms with Crippen molar-refractivity contribution in [3.05, 3.63) is 140 Å². The van der Waals surface area contributed by atoms with E-state index in [1.54, 1.807) is 6.21 Å². The summed E-state index contributed by atoms with van der Waals surface area (Å²) in [5.41, 5.74) is 3.61. The number of anilines is 1. The number of rotatable bonds is 6. The summed E-state index contributed by atoms with van der Waals surface area (Å²) < 4.78 is 1.50. The van der Waals surface area contributed by atoms with Gasteiger partial charge in [0.2, 0.25) is 0 Å². The van der Waals surface area contributed by atoms with E-state index in [0.717, 1.165) is 22.4 Å². The van der Waals surface area contributed by atoms with E-state index in [-0.39, 0.29) is 0 Å². The number of aromatic nitrogens is 2. The van der Waals surface area contributed by atoms with Gasteiger partial charge in [0.1, 0.15) is 12.4 Å². The van der Waals surface area contributed by atoms with Crippen molar-refractivity contribution >= 4 is 12.0 Å². The van der Waals surface area contributed by atoms with Gasteiger partial charge in [-0.1, -0.05) is 84.0 Å². The SMILES string of the molecule is CC1=C(C=NOCc2ccccc2)C(c2ccccc2)c2c(n(-c3ccccc3)c(=O)[nH]c2=O)N1. The van der Waals surface area contributed by atoms with Crippen LogP contribution in [0.5, 0.6) is 0 Å². The number of fused-ring (bicyclic) bond motifs is 1. The predicted octanol–water partition coefficient (Wildman–Crippen LogP) is 4.56. The fourth-order valence-corrected chi connectivity index (χ4v) is 4.33. The lowest BCUT2D eigenvalue weighted by atomic mass is 9.83. The summed E-state index contributed by atoms with van der Waals surface area (Å²) in [4.78, 5) is 34.2. The maximum Gasteiger partial charge on any atom is 0.334 e. The van der Waals surface area contributed by atoms with E-state index >= 15 is 0 Å². The first kappa shape index (κ1) is 22.2. The number of oxime groups is 1. The van der Waals surface area contributed by atoms with Crippen molar-refractivity contribution in [1.82, 2.24) is 9.55 Å². The van der Waals surface area contributed by atoms with Crippen LogP contribution in [-0.2, 0) is 11.4 Å². The molecule has 7 nitrogen and oxygen atoms in total. The molecule has 0 saturated heterocycles. The molecule has 35 heavy (non-hydrogen) atoms. The largest absolute Gasteiger partial charge is 0.391 e. The lowest BCUT2D eigenvalue weighted by Crippen LogP contribution is -2.37. The molecule has 174 valence electrons. The highest BCUT2D eigenvalue weighted by atomic mass is 16.6. The predicted molar refractivity (Wildman–Crippen MR) is 137 cm³/mol. The van der Waals surface area contributed by atoms with Crippen LogP contribution in [0.25, 0.3) is 5.69 Å². The number of aromatic amines is 1. The molecule has 0 amide bonds. The molecule has 5 rings (SSSR count). The van der Waals surface area contributed by atoms with Gasteiger partial charge in [-0.05, 0) is 30.2 Å². The molecule has 2 N–H and O–H groups in total. The smallest absolute Gasteiger partial charge is 0.334 e. The number of H-pyrrole nitrogens is 1. The summed E-state index contributed by atoms with van der Waals surface area (Å²) in [6.07, 6.45) is 1.64. The van der Waals surface area contributed by atoms with Crippen LogP contribution < -0.4 is 16.6 Å². The first-order valence-electron chi connectivity index (χ1n) is 11.3. The van der Waals surface area contributed by atoms with Gasteiger partial charge in [-0.3, -0.25) is 9.78 Å². The number of hydrogen-bond donors (Lipinski definition) is 2. The Bertz CT molecular complexity index is 1510. The molecule has 4 aromatic rings. The van der Waals surface area contributed by atoms with E-state index < -0.39 is 17.2 Å². The lowest BCUT2D eigenvalue weighted by molar-refractivity contribution is 0.132. The van der Waals surface area contributed by atoms with Gasteiger partial charge >= 0.3 is 5.69 Å². The summed E-state index contributed by atoms with van der Waals surface area (Å²) >= 11 is 0. The minimum atomic E-state index is -0.504. The van der Waals surface area contributed by atoms with Crippen molar-refractivity contribution < 1.29 is 4.84 Å². The van der Waals surface area contributed by atoms with E-state index in [0.29, 0.717) is 23.7 Å². The zero-order chi connectivity index (χ0) is 24.2. The van der Waals surface area contributed by atoms with Gasteiger partial charge in [0.15, 0.2) is 0 Å². The molecule has 1 aromatic heterocycles. The lowest BCUT2D eigenvalue weighted by Gasteiger charge is -2.30. The molecule has 0 radical (unpaired) electrons. The zero-order valence-corrected chi connectivity index (χ0v) is 19.1. The van der Waals surface area contributed by atoms with Crippen molar-refractivity contribution in [2.45, 2.75) is 19.4 Å². The molecule has 0 spiro atoms. The van der Waals surface area contributed by atoms with Gasteiger partial charge in [-0.2, -0.15) is 0 Å². The van der Waals surface area contributed by atoms with Crippen LogP contribution in [0.2, 0.25) is 0 Å². The average molecular weight is 465 g/mol. The van der Waals surface area contributed by atoms with Crippen LogP contribution in [0.15, 0.2) is 117 Å². The van der Waals surface area contributed by atoms with Gasteiger partial charge < -0.3 is 10.2 Å². The minimum Gasteiger partial charge on any atom is -0.391 e. The third-order valence-corrected chi connectivity index (χ3v) is 5.97. The standard InChI is InChI=1S/C28H24N4O3/c1-19-23(17-29-35-18-20-11-5-2-6-12-20)24(21-13-7-3-8-14-21)25-26(30-19)32(28(34)31-27(25)33)22-15-9-4-10-16-22/h2-17,24,30H,18H2,1H3,(H,31,33,34). The molecule has 1 aliphatic heterocycles. The van der Waals surface area contributed by atoms with E-state index in [9.17, 15) is 9.59 Å². The fraction of sp³-hybridized carbons (Fsp3) is 0.107. The highest BCUT2D eigenvalue weighted by molar-refractivity contribution is 5.86. The third kappa shape index (κ3) is 4.44. The summed E-state index contributed by atoms with van der Waals surface area (Å²) in [5.74, 6) is -0.00510. The van der Waals surface area contributed by atoms with Crippen LogP contribution in [0.1, 0.15) is 29.5 Å². The molecule has 1 atom stereocenters. The van der Waals surface area contributed by atoms with Crippen LogP contribution in [0.4, 0.5) is 5.82 Å². The monoisotopic (exact) mass is 464 g/mol. The second-order valence-electron chi connectivity index (χ2n) is 8.24. The average Bonchev–Trinajstić information content (AvgIpc) is 2.88. The molecule has 0 aliphatic carbocycles. The molecule has 2 heterocycles. The van der Waals surface area contributed by atoms with Crippen LogP contribution >= 0.6 is 0 Å². The summed E-state index contributed by atoms with van der Waals surface area (Å²) in [6.45, 7) is 2.23. The number of nitrogens with zero attached hydrogens (tertiary/aromatic N) is 2. The highest BCUT2D eigenvalue weighted by Gasteiger charge is 2.32.